The van der Waals surface area contributed by atoms with Gasteiger partial charge in [-0.05, 0) is 20.8 Å². The zero-order valence-corrected chi connectivity index (χ0v) is 8.33. The van der Waals surface area contributed by atoms with E-state index < -0.39 is 5.79 Å². The standard InChI is InChI=1S/C9H16O4/c1-4-11-8(10)5-9(3)12-6-7(2)13-9/h7H,4-6H2,1-3H3/t7-,9-/m0/s1. The fourth-order valence-electron chi connectivity index (χ4n) is 1.35. The zero-order chi connectivity index (χ0) is 9.90. The predicted octanol–water partition coefficient (Wildman–Crippen LogP) is 1.09. The second kappa shape index (κ2) is 4.07. The van der Waals surface area contributed by atoms with Gasteiger partial charge in [-0.1, -0.05) is 0 Å². The van der Waals surface area contributed by atoms with E-state index >= 15 is 0 Å². The van der Waals surface area contributed by atoms with E-state index in [1.807, 2.05) is 6.92 Å². The van der Waals surface area contributed by atoms with Crippen LogP contribution in [0.15, 0.2) is 0 Å². The molecule has 4 heteroatoms. The molecule has 1 aliphatic heterocycles. The summed E-state index contributed by atoms with van der Waals surface area (Å²) in [5.41, 5.74) is 0. The largest absolute Gasteiger partial charge is 0.466 e. The molecule has 13 heavy (non-hydrogen) atoms. The first kappa shape index (κ1) is 10.5. The topological polar surface area (TPSA) is 44.8 Å². The predicted molar refractivity (Wildman–Crippen MR) is 46.2 cm³/mol. The minimum Gasteiger partial charge on any atom is -0.466 e. The minimum absolute atomic E-state index is 0.0550. The second-order valence-electron chi connectivity index (χ2n) is 3.36. The van der Waals surface area contributed by atoms with Crippen molar-refractivity contribution < 1.29 is 19.0 Å². The molecule has 0 N–H and O–H groups in total. The molecule has 1 fully saturated rings. The second-order valence-corrected chi connectivity index (χ2v) is 3.36. The Morgan fingerprint density at radius 1 is 1.69 bits per heavy atom. The third-order valence-electron chi connectivity index (χ3n) is 1.84. The summed E-state index contributed by atoms with van der Waals surface area (Å²) in [5.74, 6) is -1.06. The van der Waals surface area contributed by atoms with Crippen LogP contribution < -0.4 is 0 Å². The summed E-state index contributed by atoms with van der Waals surface area (Å²) in [6.45, 7) is 6.38. The van der Waals surface area contributed by atoms with Crippen molar-refractivity contribution in [2.24, 2.45) is 0 Å². The van der Waals surface area contributed by atoms with Crippen molar-refractivity contribution in [1.82, 2.24) is 0 Å². The van der Waals surface area contributed by atoms with Gasteiger partial charge in [-0.15, -0.1) is 0 Å². The van der Waals surface area contributed by atoms with E-state index in [9.17, 15) is 4.79 Å². The average Bonchev–Trinajstić information content (AvgIpc) is 2.30. The number of hydrogen-bond acceptors (Lipinski definition) is 4. The number of ether oxygens (including phenoxy) is 3. The fraction of sp³-hybridized carbons (Fsp3) is 0.889. The Hall–Kier alpha value is -0.610. The molecule has 0 saturated carbocycles. The summed E-state index contributed by atoms with van der Waals surface area (Å²) in [4.78, 5) is 11.1. The molecule has 0 bridgehead atoms. The van der Waals surface area contributed by atoms with Gasteiger partial charge in [0.15, 0.2) is 5.79 Å². The van der Waals surface area contributed by atoms with E-state index in [1.54, 1.807) is 13.8 Å². The fourth-order valence-corrected chi connectivity index (χ4v) is 1.35. The minimum atomic E-state index is -0.786. The van der Waals surface area contributed by atoms with Crippen LogP contribution in [0, 0.1) is 0 Å². The number of esters is 1. The van der Waals surface area contributed by atoms with Gasteiger partial charge in [0.1, 0.15) is 0 Å². The van der Waals surface area contributed by atoms with Gasteiger partial charge in [-0.25, -0.2) is 0 Å². The Morgan fingerprint density at radius 2 is 2.38 bits per heavy atom. The lowest BCUT2D eigenvalue weighted by Gasteiger charge is -2.21. The maximum absolute atomic E-state index is 11.1. The molecule has 4 nitrogen and oxygen atoms in total. The van der Waals surface area contributed by atoms with Gasteiger partial charge in [-0.3, -0.25) is 4.79 Å². The number of carbonyl (C=O) groups is 1. The maximum atomic E-state index is 11.1. The Balaban J connectivity index is 2.39. The third-order valence-corrected chi connectivity index (χ3v) is 1.84. The summed E-state index contributed by atoms with van der Waals surface area (Å²) in [6.07, 6.45) is 0.213. The molecule has 0 aromatic rings. The van der Waals surface area contributed by atoms with Gasteiger partial charge >= 0.3 is 5.97 Å². The lowest BCUT2D eigenvalue weighted by Crippen LogP contribution is -2.30. The molecule has 0 aromatic carbocycles. The monoisotopic (exact) mass is 188 g/mol. The van der Waals surface area contributed by atoms with Crippen molar-refractivity contribution >= 4 is 5.97 Å². The van der Waals surface area contributed by atoms with Gasteiger partial charge in [0.2, 0.25) is 0 Å². The summed E-state index contributed by atoms with van der Waals surface area (Å²) in [6, 6.07) is 0. The molecule has 1 saturated heterocycles. The van der Waals surface area contributed by atoms with Crippen LogP contribution in [0.25, 0.3) is 0 Å². The van der Waals surface area contributed by atoms with Crippen LogP contribution in [0.4, 0.5) is 0 Å². The van der Waals surface area contributed by atoms with Crippen LogP contribution >= 0.6 is 0 Å². The first-order chi connectivity index (χ1) is 6.06. The molecule has 76 valence electrons. The molecule has 1 aliphatic rings. The Labute approximate surface area is 78.2 Å². The average molecular weight is 188 g/mol. The molecule has 2 atom stereocenters. The Morgan fingerprint density at radius 3 is 2.85 bits per heavy atom. The molecule has 0 amide bonds. The molecule has 0 aromatic heterocycles. The van der Waals surface area contributed by atoms with E-state index in [4.69, 9.17) is 14.2 Å². The highest BCUT2D eigenvalue weighted by Gasteiger charge is 2.37. The Bertz CT molecular complexity index is 192. The smallest absolute Gasteiger partial charge is 0.311 e. The molecule has 1 rings (SSSR count). The van der Waals surface area contributed by atoms with Crippen LogP contribution in [0.1, 0.15) is 27.2 Å². The summed E-state index contributed by atoms with van der Waals surface area (Å²) >= 11 is 0. The number of rotatable bonds is 3. The van der Waals surface area contributed by atoms with Crippen molar-refractivity contribution in [3.05, 3.63) is 0 Å². The summed E-state index contributed by atoms with van der Waals surface area (Å²) < 4.78 is 15.6. The lowest BCUT2D eigenvalue weighted by molar-refractivity contribution is -0.178. The quantitative estimate of drug-likeness (QED) is 0.622. The van der Waals surface area contributed by atoms with Crippen molar-refractivity contribution in [3.8, 4) is 0 Å². The third kappa shape index (κ3) is 2.97. The van der Waals surface area contributed by atoms with Crippen LogP contribution in [-0.4, -0.2) is 31.1 Å². The zero-order valence-electron chi connectivity index (χ0n) is 8.33. The molecular weight excluding hydrogens is 172 g/mol. The molecule has 0 unspecified atom stereocenters. The van der Waals surface area contributed by atoms with Gasteiger partial charge in [0, 0.05) is 0 Å². The van der Waals surface area contributed by atoms with Crippen molar-refractivity contribution in [2.75, 3.05) is 13.2 Å². The first-order valence-electron chi connectivity index (χ1n) is 4.53. The Kier molecular flexibility index (Phi) is 3.27. The summed E-state index contributed by atoms with van der Waals surface area (Å²) in [7, 11) is 0. The van der Waals surface area contributed by atoms with E-state index in [-0.39, 0.29) is 18.5 Å². The number of carbonyl (C=O) groups excluding carboxylic acids is 1. The maximum Gasteiger partial charge on any atom is 0.311 e. The van der Waals surface area contributed by atoms with E-state index in [0.717, 1.165) is 0 Å². The van der Waals surface area contributed by atoms with Crippen molar-refractivity contribution in [3.63, 3.8) is 0 Å². The van der Waals surface area contributed by atoms with Crippen molar-refractivity contribution in [1.29, 1.82) is 0 Å². The molecule has 1 heterocycles. The normalized spacial score (nSPS) is 33.3. The molecule has 0 spiro atoms. The van der Waals surface area contributed by atoms with Crippen LogP contribution in [-0.2, 0) is 19.0 Å². The van der Waals surface area contributed by atoms with Crippen LogP contribution in [0.5, 0.6) is 0 Å². The molecule has 0 aliphatic carbocycles. The highest BCUT2D eigenvalue weighted by Crippen LogP contribution is 2.26. The molecular formula is C9H16O4. The van der Waals surface area contributed by atoms with Gasteiger partial charge in [-0.2, -0.15) is 0 Å². The first-order valence-corrected chi connectivity index (χ1v) is 4.53. The SMILES string of the molecule is CCOC(=O)C[C@@]1(C)OC[C@H](C)O1. The van der Waals surface area contributed by atoms with Crippen molar-refractivity contribution in [2.45, 2.75) is 39.1 Å². The van der Waals surface area contributed by atoms with E-state index in [1.165, 1.54) is 0 Å². The summed E-state index contributed by atoms with van der Waals surface area (Å²) in [5, 5.41) is 0. The highest BCUT2D eigenvalue weighted by atomic mass is 16.7. The van der Waals surface area contributed by atoms with E-state index in [2.05, 4.69) is 0 Å². The molecule has 0 radical (unpaired) electrons. The van der Waals surface area contributed by atoms with E-state index in [0.29, 0.717) is 13.2 Å². The lowest BCUT2D eigenvalue weighted by atomic mass is 10.2. The number of hydrogen-bond donors (Lipinski definition) is 0. The van der Waals surface area contributed by atoms with Gasteiger partial charge in [0.05, 0.1) is 25.7 Å². The van der Waals surface area contributed by atoms with Gasteiger partial charge in [0.25, 0.3) is 0 Å². The van der Waals surface area contributed by atoms with Crippen LogP contribution in [0.3, 0.4) is 0 Å². The van der Waals surface area contributed by atoms with Gasteiger partial charge < -0.3 is 14.2 Å². The van der Waals surface area contributed by atoms with Crippen LogP contribution in [0.2, 0.25) is 0 Å². The highest BCUT2D eigenvalue weighted by molar-refractivity contribution is 5.70.